The molecule has 3 aromatic carbocycles. The van der Waals surface area contributed by atoms with Crippen molar-refractivity contribution >= 4 is 0 Å². The van der Waals surface area contributed by atoms with Crippen LogP contribution in [0, 0.1) is 38.5 Å². The van der Waals surface area contributed by atoms with Crippen LogP contribution in [0.25, 0.3) is 0 Å². The van der Waals surface area contributed by atoms with Crippen LogP contribution >= 0.6 is 0 Å². The number of benzene rings is 3. The number of phenolic OH excluding ortho intramolecular Hbond substituents is 3. The molecule has 6 aliphatic carbocycles. The van der Waals surface area contributed by atoms with Gasteiger partial charge in [-0.25, -0.2) is 0 Å². The molecule has 3 N–H and O–H groups in total. The lowest BCUT2D eigenvalue weighted by Crippen LogP contribution is -2.48. The van der Waals surface area contributed by atoms with E-state index in [2.05, 4.69) is 45.0 Å². The molecule has 0 radical (unpaired) electrons. The van der Waals surface area contributed by atoms with E-state index in [0.717, 1.165) is 76.8 Å². The Balaban J connectivity index is 1.33. The fourth-order valence-electron chi connectivity index (χ4n) is 11.9. The third kappa shape index (κ3) is 5.58. The Hall–Kier alpha value is -2.94. The summed E-state index contributed by atoms with van der Waals surface area (Å²) in [6, 6.07) is 13.4. The van der Waals surface area contributed by atoms with E-state index < -0.39 is 0 Å². The van der Waals surface area contributed by atoms with E-state index >= 15 is 0 Å². The fourth-order valence-corrected chi connectivity index (χ4v) is 11.9. The summed E-state index contributed by atoms with van der Waals surface area (Å²) in [6.45, 7) is 6.38. The van der Waals surface area contributed by atoms with Gasteiger partial charge in [-0.1, -0.05) is 62.8 Å². The average molecular weight is 633 g/mol. The fraction of sp³-hybridized carbons (Fsp3) is 0.591. The number of rotatable bonds is 6. The topological polar surface area (TPSA) is 60.7 Å². The maximum Gasteiger partial charge on any atom is 0.122 e. The first kappa shape index (κ1) is 31.3. The molecule has 0 aliphatic heterocycles. The van der Waals surface area contributed by atoms with Crippen LogP contribution in [-0.2, 0) is 5.41 Å². The first-order valence-corrected chi connectivity index (χ1v) is 19.2. The summed E-state index contributed by atoms with van der Waals surface area (Å²) in [5.74, 6) is 4.36. The van der Waals surface area contributed by atoms with Crippen LogP contribution in [0.1, 0.15) is 171 Å². The van der Waals surface area contributed by atoms with E-state index in [1.807, 2.05) is 12.1 Å². The van der Waals surface area contributed by atoms with Gasteiger partial charge in [-0.05, 0) is 177 Å². The van der Waals surface area contributed by atoms with Crippen LogP contribution in [0.5, 0.6) is 17.2 Å². The van der Waals surface area contributed by atoms with Crippen molar-refractivity contribution in [3.05, 3.63) is 86.5 Å². The van der Waals surface area contributed by atoms with Crippen LogP contribution in [0.15, 0.2) is 36.4 Å². The maximum atomic E-state index is 12.1. The highest BCUT2D eigenvalue weighted by Gasteiger charge is 2.52. The number of phenols is 3. The van der Waals surface area contributed by atoms with Gasteiger partial charge in [0.1, 0.15) is 17.2 Å². The maximum absolute atomic E-state index is 12.1. The molecule has 6 fully saturated rings. The van der Waals surface area contributed by atoms with E-state index in [-0.39, 0.29) is 11.3 Å². The van der Waals surface area contributed by atoms with Crippen molar-refractivity contribution < 1.29 is 15.3 Å². The molecule has 6 aliphatic rings. The Morgan fingerprint density at radius 2 is 0.979 bits per heavy atom. The van der Waals surface area contributed by atoms with E-state index in [4.69, 9.17) is 0 Å². The third-order valence-corrected chi connectivity index (χ3v) is 13.8. The molecule has 0 heterocycles. The molecule has 4 bridgehead atoms. The van der Waals surface area contributed by atoms with Gasteiger partial charge in [0.05, 0.1) is 0 Å². The minimum absolute atomic E-state index is 0.187. The predicted molar refractivity (Wildman–Crippen MR) is 191 cm³/mol. The summed E-state index contributed by atoms with van der Waals surface area (Å²) in [5, 5.41) is 34.8. The number of aryl methyl sites for hydroxylation is 3. The van der Waals surface area contributed by atoms with Crippen LogP contribution in [0.4, 0.5) is 0 Å². The summed E-state index contributed by atoms with van der Waals surface area (Å²) < 4.78 is 0. The van der Waals surface area contributed by atoms with Gasteiger partial charge < -0.3 is 15.3 Å². The molecule has 250 valence electrons. The highest BCUT2D eigenvalue weighted by atomic mass is 16.3. The largest absolute Gasteiger partial charge is 0.508 e. The molecule has 0 spiro atoms. The molecule has 6 saturated carbocycles. The Labute approximate surface area is 282 Å². The van der Waals surface area contributed by atoms with Crippen molar-refractivity contribution in [2.75, 3.05) is 0 Å². The van der Waals surface area contributed by atoms with Crippen molar-refractivity contribution in [1.29, 1.82) is 0 Å². The summed E-state index contributed by atoms with van der Waals surface area (Å²) >= 11 is 0. The Kier molecular flexibility index (Phi) is 8.13. The molecule has 9 rings (SSSR count). The average Bonchev–Trinajstić information content (AvgIpc) is 3.05. The van der Waals surface area contributed by atoms with Gasteiger partial charge in [-0.3, -0.25) is 0 Å². The smallest absolute Gasteiger partial charge is 0.122 e. The molecule has 0 atom stereocenters. The zero-order valence-corrected chi connectivity index (χ0v) is 29.1. The van der Waals surface area contributed by atoms with E-state index in [9.17, 15) is 15.3 Å². The SMILES string of the molecule is Cc1cc(O)c(C2CCCCC2)cc1C(c1cc(C2CCCCC2)c(O)cc1C)c1cc(C23CC4CC(CC(C4)C2)C3)cc(C)c1O. The van der Waals surface area contributed by atoms with Crippen molar-refractivity contribution in [2.24, 2.45) is 17.8 Å². The molecular formula is C44H56O3. The molecule has 3 aromatic rings. The molecule has 0 aromatic heterocycles. The van der Waals surface area contributed by atoms with Crippen LogP contribution < -0.4 is 0 Å². The second kappa shape index (κ2) is 12.2. The van der Waals surface area contributed by atoms with E-state index in [1.54, 1.807) is 0 Å². The lowest BCUT2D eigenvalue weighted by molar-refractivity contribution is -0.00526. The lowest BCUT2D eigenvalue weighted by Gasteiger charge is -2.57. The Morgan fingerprint density at radius 1 is 0.532 bits per heavy atom. The first-order valence-electron chi connectivity index (χ1n) is 19.2. The van der Waals surface area contributed by atoms with Crippen LogP contribution in [0.2, 0.25) is 0 Å². The van der Waals surface area contributed by atoms with E-state index in [1.165, 1.54) is 93.7 Å². The molecular weight excluding hydrogens is 576 g/mol. The number of hydrogen-bond acceptors (Lipinski definition) is 3. The first-order chi connectivity index (χ1) is 22.7. The highest BCUT2D eigenvalue weighted by molar-refractivity contribution is 5.60. The van der Waals surface area contributed by atoms with Crippen LogP contribution in [0.3, 0.4) is 0 Å². The quantitative estimate of drug-likeness (QED) is 0.237. The normalized spacial score (nSPS) is 28.0. The molecule has 3 heteroatoms. The minimum atomic E-state index is -0.187. The van der Waals surface area contributed by atoms with Crippen LogP contribution in [-0.4, -0.2) is 15.3 Å². The molecule has 0 unspecified atom stereocenters. The second-order valence-corrected chi connectivity index (χ2v) is 17.1. The lowest BCUT2D eigenvalue weighted by atomic mass is 9.48. The van der Waals surface area contributed by atoms with Gasteiger partial charge in [0.25, 0.3) is 0 Å². The Morgan fingerprint density at radius 3 is 1.43 bits per heavy atom. The molecule has 47 heavy (non-hydrogen) atoms. The van der Waals surface area contributed by atoms with Crippen molar-refractivity contribution in [2.45, 2.75) is 147 Å². The summed E-state index contributed by atoms with van der Waals surface area (Å²) in [4.78, 5) is 0. The standard InChI is InChI=1S/C44H56O3/c1-26-15-40(45)37(32-10-6-4-7-11-32)21-35(26)42(36-22-38(41(46)16-27(36)2)33-12-8-5-9-13-33)39-20-34(14-28(3)43(39)47)44-23-29-17-30(24-44)19-31(18-29)25-44/h14-16,20-22,29-33,42,45-47H,4-13,17-19,23-25H2,1-3H3. The second-order valence-electron chi connectivity index (χ2n) is 17.1. The summed E-state index contributed by atoms with van der Waals surface area (Å²) in [5.41, 5.74) is 10.3. The summed E-state index contributed by atoms with van der Waals surface area (Å²) in [7, 11) is 0. The molecule has 3 nitrogen and oxygen atoms in total. The summed E-state index contributed by atoms with van der Waals surface area (Å²) in [6.07, 6.45) is 20.0. The monoisotopic (exact) mass is 632 g/mol. The number of aromatic hydroxyl groups is 3. The number of hydrogen-bond donors (Lipinski definition) is 3. The van der Waals surface area contributed by atoms with Gasteiger partial charge in [-0.2, -0.15) is 0 Å². The van der Waals surface area contributed by atoms with Gasteiger partial charge in [-0.15, -0.1) is 0 Å². The van der Waals surface area contributed by atoms with Crippen molar-refractivity contribution in [3.63, 3.8) is 0 Å². The van der Waals surface area contributed by atoms with Gasteiger partial charge in [0.15, 0.2) is 0 Å². The van der Waals surface area contributed by atoms with Crippen molar-refractivity contribution in [1.82, 2.24) is 0 Å². The van der Waals surface area contributed by atoms with E-state index in [0.29, 0.717) is 29.1 Å². The zero-order chi connectivity index (χ0) is 32.4. The molecule has 0 saturated heterocycles. The minimum Gasteiger partial charge on any atom is -0.508 e. The van der Waals surface area contributed by atoms with Gasteiger partial charge in [0, 0.05) is 11.5 Å². The predicted octanol–water partition coefficient (Wildman–Crippen LogP) is 11.5. The Bertz CT molecular complexity index is 1540. The van der Waals surface area contributed by atoms with Gasteiger partial charge in [0.2, 0.25) is 0 Å². The third-order valence-electron chi connectivity index (χ3n) is 13.8. The van der Waals surface area contributed by atoms with Gasteiger partial charge >= 0.3 is 0 Å². The highest BCUT2D eigenvalue weighted by Crippen LogP contribution is 2.61. The zero-order valence-electron chi connectivity index (χ0n) is 29.1. The molecule has 0 amide bonds. The van der Waals surface area contributed by atoms with Crippen molar-refractivity contribution in [3.8, 4) is 17.2 Å².